The van der Waals surface area contributed by atoms with Gasteiger partial charge in [-0.2, -0.15) is 0 Å². The van der Waals surface area contributed by atoms with E-state index in [0.717, 1.165) is 16.9 Å². The summed E-state index contributed by atoms with van der Waals surface area (Å²) in [7, 11) is 0. The van der Waals surface area contributed by atoms with Crippen molar-refractivity contribution in [3.63, 3.8) is 0 Å². The normalized spacial score (nSPS) is 10.2. The van der Waals surface area contributed by atoms with Gasteiger partial charge >= 0.3 is 0 Å². The van der Waals surface area contributed by atoms with Crippen LogP contribution in [-0.2, 0) is 4.79 Å². The zero-order valence-corrected chi connectivity index (χ0v) is 16.0. The van der Waals surface area contributed by atoms with Crippen LogP contribution < -0.4 is 20.1 Å². The number of aryl methyl sites for hydroxylation is 2. The lowest BCUT2D eigenvalue weighted by Gasteiger charge is -2.10. The van der Waals surface area contributed by atoms with Crippen LogP contribution in [0.1, 0.15) is 28.4 Å². The summed E-state index contributed by atoms with van der Waals surface area (Å²) in [6.45, 7) is 7.09. The Labute approximate surface area is 159 Å². The highest BCUT2D eigenvalue weighted by Crippen LogP contribution is 2.17. The predicted molar refractivity (Wildman–Crippen MR) is 104 cm³/mol. The molecule has 0 aliphatic rings. The molecule has 144 valence electrons. The van der Waals surface area contributed by atoms with Crippen LogP contribution in [0.25, 0.3) is 0 Å². The van der Waals surface area contributed by atoms with Gasteiger partial charge in [0.15, 0.2) is 6.61 Å². The molecular formula is C21H26N2O4. The molecule has 6 nitrogen and oxygen atoms in total. The monoisotopic (exact) mass is 370 g/mol. The van der Waals surface area contributed by atoms with Crippen molar-refractivity contribution >= 4 is 11.8 Å². The van der Waals surface area contributed by atoms with Crippen molar-refractivity contribution in [1.29, 1.82) is 0 Å². The smallest absolute Gasteiger partial charge is 0.258 e. The second-order valence-electron chi connectivity index (χ2n) is 6.10. The van der Waals surface area contributed by atoms with E-state index in [9.17, 15) is 9.59 Å². The predicted octanol–water partition coefficient (Wildman–Crippen LogP) is 2.63. The largest absolute Gasteiger partial charge is 0.494 e. The average molecular weight is 370 g/mol. The maximum Gasteiger partial charge on any atom is 0.258 e. The van der Waals surface area contributed by atoms with Crippen molar-refractivity contribution < 1.29 is 19.1 Å². The van der Waals surface area contributed by atoms with E-state index in [0.29, 0.717) is 31.0 Å². The molecule has 2 aromatic rings. The topological polar surface area (TPSA) is 76.7 Å². The highest BCUT2D eigenvalue weighted by molar-refractivity contribution is 5.94. The van der Waals surface area contributed by atoms with E-state index in [2.05, 4.69) is 10.6 Å². The Bertz CT molecular complexity index is 772. The minimum atomic E-state index is -0.246. The van der Waals surface area contributed by atoms with Crippen LogP contribution in [0.4, 0.5) is 0 Å². The van der Waals surface area contributed by atoms with Crippen molar-refractivity contribution in [2.45, 2.75) is 20.8 Å². The third kappa shape index (κ3) is 6.66. The molecule has 0 saturated heterocycles. The van der Waals surface area contributed by atoms with Crippen LogP contribution in [0.15, 0.2) is 42.5 Å². The lowest BCUT2D eigenvalue weighted by molar-refractivity contribution is -0.123. The highest BCUT2D eigenvalue weighted by atomic mass is 16.5. The molecule has 0 spiro atoms. The Hall–Kier alpha value is -3.02. The summed E-state index contributed by atoms with van der Waals surface area (Å²) in [6, 6.07) is 12.7. The SMILES string of the molecule is CCOc1ccc(OCC(=O)NCCNC(=O)c2ccc(C)c(C)c2)cc1. The Kier molecular flexibility index (Phi) is 7.67. The van der Waals surface area contributed by atoms with Gasteiger partial charge in [-0.05, 0) is 68.3 Å². The zero-order chi connectivity index (χ0) is 19.6. The van der Waals surface area contributed by atoms with Gasteiger partial charge in [-0.15, -0.1) is 0 Å². The molecule has 2 amide bonds. The fraction of sp³-hybridized carbons (Fsp3) is 0.333. The van der Waals surface area contributed by atoms with Crippen molar-refractivity contribution in [1.82, 2.24) is 10.6 Å². The third-order valence-electron chi connectivity index (χ3n) is 4.01. The van der Waals surface area contributed by atoms with Gasteiger partial charge in [0.2, 0.25) is 0 Å². The molecule has 0 aliphatic heterocycles. The Balaban J connectivity index is 1.65. The maximum atomic E-state index is 12.1. The molecule has 0 saturated carbocycles. The standard InChI is InChI=1S/C21H26N2O4/c1-4-26-18-7-9-19(10-8-18)27-14-20(24)22-11-12-23-21(25)17-6-5-15(2)16(3)13-17/h5-10,13H,4,11-12,14H2,1-3H3,(H,22,24)(H,23,25). The van der Waals surface area contributed by atoms with Crippen LogP contribution in [0.5, 0.6) is 11.5 Å². The zero-order valence-electron chi connectivity index (χ0n) is 16.0. The van der Waals surface area contributed by atoms with E-state index < -0.39 is 0 Å². The summed E-state index contributed by atoms with van der Waals surface area (Å²) < 4.78 is 10.8. The van der Waals surface area contributed by atoms with E-state index in [-0.39, 0.29) is 18.4 Å². The van der Waals surface area contributed by atoms with E-state index in [1.165, 1.54) is 0 Å². The second kappa shape index (κ2) is 10.2. The molecule has 6 heteroatoms. The van der Waals surface area contributed by atoms with Gasteiger partial charge in [0.25, 0.3) is 11.8 Å². The van der Waals surface area contributed by atoms with Gasteiger partial charge in [0, 0.05) is 18.7 Å². The van der Waals surface area contributed by atoms with Crippen LogP contribution in [0.2, 0.25) is 0 Å². The minimum absolute atomic E-state index is 0.0842. The number of ether oxygens (including phenoxy) is 2. The molecule has 0 atom stereocenters. The molecule has 0 aromatic heterocycles. The Morgan fingerprint density at radius 1 is 0.852 bits per heavy atom. The van der Waals surface area contributed by atoms with Gasteiger partial charge in [-0.3, -0.25) is 9.59 Å². The summed E-state index contributed by atoms with van der Waals surface area (Å²) in [4.78, 5) is 23.9. The first kappa shape index (κ1) is 20.3. The number of rotatable bonds is 9. The van der Waals surface area contributed by atoms with Gasteiger partial charge in [0.05, 0.1) is 6.61 Å². The third-order valence-corrected chi connectivity index (χ3v) is 4.01. The first-order valence-corrected chi connectivity index (χ1v) is 8.97. The average Bonchev–Trinajstić information content (AvgIpc) is 2.67. The fourth-order valence-corrected chi connectivity index (χ4v) is 2.36. The van der Waals surface area contributed by atoms with Gasteiger partial charge in [-0.25, -0.2) is 0 Å². The van der Waals surface area contributed by atoms with Crippen molar-refractivity contribution in [3.8, 4) is 11.5 Å². The van der Waals surface area contributed by atoms with E-state index in [1.54, 1.807) is 30.3 Å². The highest BCUT2D eigenvalue weighted by Gasteiger charge is 2.07. The van der Waals surface area contributed by atoms with Crippen LogP contribution in [-0.4, -0.2) is 38.1 Å². The molecule has 0 bridgehead atoms. The summed E-state index contributed by atoms with van der Waals surface area (Å²) in [5.41, 5.74) is 2.83. The second-order valence-corrected chi connectivity index (χ2v) is 6.10. The van der Waals surface area contributed by atoms with E-state index in [1.807, 2.05) is 32.9 Å². The lowest BCUT2D eigenvalue weighted by Crippen LogP contribution is -2.36. The number of hydrogen-bond acceptors (Lipinski definition) is 4. The molecule has 2 aromatic carbocycles. The van der Waals surface area contributed by atoms with Crippen LogP contribution >= 0.6 is 0 Å². The number of hydrogen-bond donors (Lipinski definition) is 2. The van der Waals surface area contributed by atoms with Gasteiger partial charge in [-0.1, -0.05) is 6.07 Å². The van der Waals surface area contributed by atoms with Crippen LogP contribution in [0.3, 0.4) is 0 Å². The summed E-state index contributed by atoms with van der Waals surface area (Å²) in [5.74, 6) is 0.952. The molecule has 2 rings (SSSR count). The number of carbonyl (C=O) groups excluding carboxylic acids is 2. The summed E-state index contributed by atoms with van der Waals surface area (Å²) in [6.07, 6.45) is 0. The quantitative estimate of drug-likeness (QED) is 0.665. The maximum absolute atomic E-state index is 12.1. The summed E-state index contributed by atoms with van der Waals surface area (Å²) in [5, 5.41) is 5.49. The lowest BCUT2D eigenvalue weighted by atomic mass is 10.1. The Morgan fingerprint density at radius 3 is 2.11 bits per heavy atom. The van der Waals surface area contributed by atoms with E-state index in [4.69, 9.17) is 9.47 Å². The van der Waals surface area contributed by atoms with Crippen molar-refractivity contribution in [3.05, 3.63) is 59.2 Å². The van der Waals surface area contributed by atoms with Crippen molar-refractivity contribution in [2.75, 3.05) is 26.3 Å². The summed E-state index contributed by atoms with van der Waals surface area (Å²) >= 11 is 0. The molecular weight excluding hydrogens is 344 g/mol. The first-order valence-electron chi connectivity index (χ1n) is 8.97. The van der Waals surface area contributed by atoms with Crippen LogP contribution in [0, 0.1) is 13.8 Å². The Morgan fingerprint density at radius 2 is 1.48 bits per heavy atom. The fourth-order valence-electron chi connectivity index (χ4n) is 2.36. The number of benzene rings is 2. The molecule has 0 heterocycles. The van der Waals surface area contributed by atoms with Crippen molar-refractivity contribution in [2.24, 2.45) is 0 Å². The number of carbonyl (C=O) groups is 2. The van der Waals surface area contributed by atoms with Gasteiger partial charge < -0.3 is 20.1 Å². The molecule has 0 fully saturated rings. The molecule has 2 N–H and O–H groups in total. The van der Waals surface area contributed by atoms with E-state index >= 15 is 0 Å². The first-order chi connectivity index (χ1) is 13.0. The number of amides is 2. The minimum Gasteiger partial charge on any atom is -0.494 e. The number of nitrogens with one attached hydrogen (secondary N) is 2. The molecule has 0 aliphatic carbocycles. The van der Waals surface area contributed by atoms with Gasteiger partial charge in [0.1, 0.15) is 11.5 Å². The molecule has 0 unspecified atom stereocenters. The molecule has 27 heavy (non-hydrogen) atoms. The molecule has 0 radical (unpaired) electrons.